The zero-order valence-corrected chi connectivity index (χ0v) is 27.8. The summed E-state index contributed by atoms with van der Waals surface area (Å²) in [5.41, 5.74) is 4.43. The third kappa shape index (κ3) is 11.1. The number of ether oxygens (including phenoxy) is 4. The first-order valence-corrected chi connectivity index (χ1v) is 16.6. The van der Waals surface area contributed by atoms with Crippen LogP contribution in [-0.4, -0.2) is 159 Å². The molecule has 51 heavy (non-hydrogen) atoms. The average molecular weight is 758 g/mol. The number of aliphatic hydroxyl groups is 6. The average Bonchev–Trinajstić information content (AvgIpc) is 3.34. The highest BCUT2D eigenvalue weighted by molar-refractivity contribution is 7.45. The van der Waals surface area contributed by atoms with Crippen LogP contribution in [0.3, 0.4) is 0 Å². The van der Waals surface area contributed by atoms with Gasteiger partial charge in [-0.2, -0.15) is 4.98 Å². The number of anilines is 1. The lowest BCUT2D eigenvalue weighted by molar-refractivity contribution is -0.377. The van der Waals surface area contributed by atoms with E-state index >= 15 is 0 Å². The number of carboxylic acids is 1. The van der Waals surface area contributed by atoms with E-state index in [4.69, 9.17) is 24.7 Å². The number of carboxylic acid groups (broad SMARTS) is 1. The van der Waals surface area contributed by atoms with E-state index in [2.05, 4.69) is 24.7 Å². The molecule has 0 aliphatic carbocycles. The van der Waals surface area contributed by atoms with E-state index in [9.17, 15) is 64.4 Å². The number of phosphoric acid groups is 1. The lowest BCUT2D eigenvalue weighted by Gasteiger charge is -2.50. The Morgan fingerprint density at radius 2 is 1.90 bits per heavy atom. The molecule has 0 bridgehead atoms. The molecule has 0 radical (unpaired) electrons. The number of nitrogens with one attached hydrogen (secondary N) is 2. The fourth-order valence-electron chi connectivity index (χ4n) is 5.02. The van der Waals surface area contributed by atoms with Gasteiger partial charge in [0.15, 0.2) is 6.23 Å². The van der Waals surface area contributed by atoms with Gasteiger partial charge in [-0.05, 0) is 6.07 Å². The Kier molecular flexibility index (Phi) is 15.3. The monoisotopic (exact) mass is 757 g/mol. The van der Waals surface area contributed by atoms with Crippen LogP contribution in [0, 0.1) is 0 Å². The smallest absolute Gasteiger partial charge is 0.351 e. The normalized spacial score (nSPS) is 30.2. The molecule has 1 aromatic heterocycles. The maximum Gasteiger partial charge on any atom is 0.351 e. The van der Waals surface area contributed by atoms with Crippen molar-refractivity contribution < 1.29 is 87.6 Å². The van der Waals surface area contributed by atoms with Crippen LogP contribution in [0.5, 0.6) is 0 Å². The van der Waals surface area contributed by atoms with E-state index in [-0.39, 0.29) is 25.6 Å². The number of phosphoric ester groups is 1. The number of nitrogens with zero attached hydrogens (tertiary/aromatic N) is 2. The summed E-state index contributed by atoms with van der Waals surface area (Å²) in [6, 6.07) is -0.667. The molecule has 0 spiro atoms. The Labute approximate surface area is 288 Å². The number of carbonyl (C=O) groups is 3. The molecule has 2 amide bonds. The quantitative estimate of drug-likeness (QED) is 0.0359. The van der Waals surface area contributed by atoms with E-state index < -0.39 is 118 Å². The molecule has 1 aromatic rings. The Morgan fingerprint density at radius 3 is 2.53 bits per heavy atom. The van der Waals surface area contributed by atoms with Gasteiger partial charge in [-0.3, -0.25) is 23.2 Å². The number of nitrogens with two attached hydrogens (primary N) is 1. The van der Waals surface area contributed by atoms with Crippen molar-refractivity contribution in [3.8, 4) is 0 Å². The molecule has 4 unspecified atom stereocenters. The van der Waals surface area contributed by atoms with Crippen molar-refractivity contribution in [1.82, 2.24) is 20.2 Å². The van der Waals surface area contributed by atoms with Gasteiger partial charge < -0.3 is 85.3 Å². The van der Waals surface area contributed by atoms with Crippen molar-refractivity contribution in [2.45, 2.75) is 73.6 Å². The lowest BCUT2D eigenvalue weighted by atomic mass is 9.88. The number of aromatic nitrogens is 2. The zero-order valence-electron chi connectivity index (χ0n) is 26.9. The van der Waals surface area contributed by atoms with Gasteiger partial charge in [-0.25, -0.2) is 4.79 Å². The molecule has 2 fully saturated rings. The first-order chi connectivity index (χ1) is 23.9. The van der Waals surface area contributed by atoms with Crippen molar-refractivity contribution in [2.75, 3.05) is 52.4 Å². The third-order valence-electron chi connectivity index (χ3n) is 7.57. The molecule has 24 nitrogen and oxygen atoms in total. The fourth-order valence-corrected chi connectivity index (χ4v) is 5.95. The summed E-state index contributed by atoms with van der Waals surface area (Å²) in [6.07, 6.45) is -16.9. The van der Waals surface area contributed by atoms with Crippen LogP contribution in [0.15, 0.2) is 17.1 Å². The molecular formula is C26H40N5O19P-2. The van der Waals surface area contributed by atoms with Gasteiger partial charge in [0.25, 0.3) is 7.82 Å². The van der Waals surface area contributed by atoms with Crippen molar-refractivity contribution in [3.63, 3.8) is 0 Å². The third-order valence-corrected chi connectivity index (χ3v) is 8.55. The van der Waals surface area contributed by atoms with Crippen LogP contribution in [0.25, 0.3) is 0 Å². The predicted octanol–water partition coefficient (Wildman–Crippen LogP) is -8.09. The highest BCUT2D eigenvalue weighted by atomic mass is 31.2. The number of hydrogen-bond donors (Lipinski definition) is 9. The maximum absolute atomic E-state index is 12.9. The summed E-state index contributed by atoms with van der Waals surface area (Å²) in [6.45, 7) is -1.67. The van der Waals surface area contributed by atoms with E-state index in [0.717, 1.165) is 10.8 Å². The van der Waals surface area contributed by atoms with E-state index in [0.29, 0.717) is 6.61 Å². The Bertz CT molecular complexity index is 1450. The number of aliphatic carboxylic acids is 1. The minimum Gasteiger partial charge on any atom is -0.756 e. The zero-order chi connectivity index (χ0) is 38.1. The minimum atomic E-state index is -5.92. The lowest BCUT2D eigenvalue weighted by Crippen LogP contribution is -2.69. The number of amides is 2. The van der Waals surface area contributed by atoms with E-state index in [1.165, 1.54) is 13.2 Å². The Balaban J connectivity index is 1.71. The van der Waals surface area contributed by atoms with Crippen molar-refractivity contribution in [1.29, 1.82) is 0 Å². The second-order valence-corrected chi connectivity index (χ2v) is 12.6. The molecule has 0 aromatic carbocycles. The minimum absolute atomic E-state index is 0.00487. The van der Waals surface area contributed by atoms with Gasteiger partial charge in [0, 0.05) is 26.3 Å². The van der Waals surface area contributed by atoms with Crippen molar-refractivity contribution >= 4 is 31.4 Å². The molecule has 2 aliphatic heterocycles. The van der Waals surface area contributed by atoms with Gasteiger partial charge in [0.05, 0.1) is 45.2 Å². The van der Waals surface area contributed by atoms with Crippen LogP contribution in [-0.2, 0) is 46.9 Å². The molecule has 0 saturated carbocycles. The summed E-state index contributed by atoms with van der Waals surface area (Å²) in [5, 5.41) is 78.5. The first kappa shape index (κ1) is 42.2. The number of aliphatic hydroxyl groups excluding tert-OH is 6. The van der Waals surface area contributed by atoms with Crippen LogP contribution in [0.4, 0.5) is 5.82 Å². The largest absolute Gasteiger partial charge is 0.756 e. The molecule has 25 heteroatoms. The maximum atomic E-state index is 12.9. The van der Waals surface area contributed by atoms with Gasteiger partial charge in [-0.1, -0.05) is 0 Å². The molecule has 3 heterocycles. The van der Waals surface area contributed by atoms with Crippen LogP contribution in [0.2, 0.25) is 0 Å². The first-order valence-electron chi connectivity index (χ1n) is 15.1. The van der Waals surface area contributed by atoms with Crippen LogP contribution >= 0.6 is 7.82 Å². The SMILES string of the molecule is COCCOCCNC(=O)CC(=O)N[C@H]1C([C@H](O)[C@H](O)CO)O[C@](OP(=O)([O-])OCC2OC(n3ccc(N)nc3=O)[C@H](O)[C@@H]2O)(C(=O)[O-])C[C@@H]1O. The summed E-state index contributed by atoms with van der Waals surface area (Å²) in [7, 11) is -4.45. The summed E-state index contributed by atoms with van der Waals surface area (Å²) in [5.74, 6) is -8.02. The van der Waals surface area contributed by atoms with E-state index in [1.807, 2.05) is 0 Å². The number of hydrogen-bond acceptors (Lipinski definition) is 21. The summed E-state index contributed by atoms with van der Waals surface area (Å²) < 4.78 is 43.5. The number of methoxy groups -OCH3 is 1. The Hall–Kier alpha value is -3.20. The van der Waals surface area contributed by atoms with Crippen molar-refractivity contribution in [3.05, 3.63) is 22.7 Å². The number of rotatable bonds is 19. The van der Waals surface area contributed by atoms with Gasteiger partial charge in [0.2, 0.25) is 17.6 Å². The topological polar surface area (TPSA) is 376 Å². The van der Waals surface area contributed by atoms with Crippen LogP contribution < -0.4 is 32.1 Å². The Morgan fingerprint density at radius 1 is 1.20 bits per heavy atom. The van der Waals surface area contributed by atoms with Gasteiger partial charge in [0.1, 0.15) is 54.8 Å². The fraction of sp³-hybridized carbons (Fsp3) is 0.731. The van der Waals surface area contributed by atoms with Crippen molar-refractivity contribution in [2.24, 2.45) is 0 Å². The summed E-state index contributed by atoms with van der Waals surface area (Å²) in [4.78, 5) is 65.6. The second-order valence-electron chi connectivity index (χ2n) is 11.3. The highest BCUT2D eigenvalue weighted by Gasteiger charge is 2.54. The summed E-state index contributed by atoms with van der Waals surface area (Å²) >= 11 is 0. The van der Waals surface area contributed by atoms with Gasteiger partial charge >= 0.3 is 5.69 Å². The molecular weight excluding hydrogens is 717 g/mol. The molecule has 11 atom stereocenters. The molecule has 2 aliphatic rings. The molecule has 10 N–H and O–H groups in total. The number of carbonyl (C=O) groups excluding carboxylic acids is 3. The highest BCUT2D eigenvalue weighted by Crippen LogP contribution is 2.48. The standard InChI is InChI=1S/C26H42N5O19P/c1-45-6-7-46-5-3-28-16(35)8-17(36)30-18-12(33)9-26(24(40)41,49-22(18)19(37)13(34)10-32)50-51(43,44)47-11-14-20(38)21(39)23(48-14)31-4-2-15(27)29-25(31)42/h2,4,12-14,18-23,32-34,37-39H,3,5-11H2,1H3,(H,28,35)(H,30,36)(H,40,41)(H,43,44)(H2,27,29,42)/p-2/t12-,13+,14?,18+,19+,20+,21+,22?,23?,26+/m0/s1. The molecule has 2 saturated heterocycles. The molecule has 3 rings (SSSR count). The second kappa shape index (κ2) is 18.5. The van der Waals surface area contributed by atoms with Gasteiger partial charge in [-0.15, -0.1) is 0 Å². The number of nitrogen functional groups attached to an aromatic ring is 1. The predicted molar refractivity (Wildman–Crippen MR) is 158 cm³/mol. The van der Waals surface area contributed by atoms with E-state index in [1.54, 1.807) is 0 Å². The van der Waals surface area contributed by atoms with Crippen LogP contribution in [0.1, 0.15) is 19.1 Å². The molecule has 290 valence electrons.